The zero-order chi connectivity index (χ0) is 16.5. The van der Waals surface area contributed by atoms with Gasteiger partial charge >= 0.3 is 5.97 Å². The zero-order valence-electron chi connectivity index (χ0n) is 13.3. The molecule has 0 fully saturated rings. The molecule has 0 unspecified atom stereocenters. The van der Waals surface area contributed by atoms with E-state index in [0.717, 1.165) is 5.56 Å². The fourth-order valence-electron chi connectivity index (χ4n) is 2.02. The lowest BCUT2D eigenvalue weighted by molar-refractivity contribution is 0.0597. The minimum Gasteiger partial charge on any atom is -0.496 e. The molecular formula is C18H20O5. The van der Waals surface area contributed by atoms with E-state index in [1.807, 2.05) is 30.3 Å². The second-order valence-corrected chi connectivity index (χ2v) is 4.74. The Hall–Kier alpha value is -2.53. The van der Waals surface area contributed by atoms with E-state index in [1.165, 1.54) is 14.2 Å². The lowest BCUT2D eigenvalue weighted by atomic mass is 10.2. The van der Waals surface area contributed by atoms with Gasteiger partial charge in [-0.05, 0) is 17.7 Å². The Bertz CT molecular complexity index is 625. The van der Waals surface area contributed by atoms with Crippen molar-refractivity contribution in [2.75, 3.05) is 27.4 Å². The average Bonchev–Trinajstić information content (AvgIpc) is 2.61. The van der Waals surface area contributed by atoms with Crippen LogP contribution in [0.2, 0.25) is 0 Å². The quantitative estimate of drug-likeness (QED) is 0.553. The molecule has 0 bridgehead atoms. The van der Waals surface area contributed by atoms with Gasteiger partial charge in [0.2, 0.25) is 0 Å². The number of carbonyl (C=O) groups excluding carboxylic acids is 1. The van der Waals surface area contributed by atoms with Gasteiger partial charge in [-0.25, -0.2) is 4.79 Å². The first-order valence-electron chi connectivity index (χ1n) is 7.25. The average molecular weight is 316 g/mol. The minimum atomic E-state index is -0.445. The molecule has 122 valence electrons. The van der Waals surface area contributed by atoms with Gasteiger partial charge in [-0.2, -0.15) is 0 Å². The molecule has 0 spiro atoms. The molecule has 2 aromatic carbocycles. The van der Waals surface area contributed by atoms with Crippen LogP contribution in [0.5, 0.6) is 11.5 Å². The van der Waals surface area contributed by atoms with Crippen molar-refractivity contribution in [3.8, 4) is 11.5 Å². The number of esters is 1. The molecule has 0 atom stereocenters. The highest BCUT2D eigenvalue weighted by molar-refractivity contribution is 5.92. The molecule has 0 saturated carbocycles. The zero-order valence-corrected chi connectivity index (χ0v) is 13.3. The van der Waals surface area contributed by atoms with Crippen LogP contribution in [-0.4, -0.2) is 33.4 Å². The highest BCUT2D eigenvalue weighted by Gasteiger charge is 2.13. The SMILES string of the molecule is COC(=O)c1ccc(OCCOCc2ccccc2)cc1OC. The van der Waals surface area contributed by atoms with Gasteiger partial charge in [-0.3, -0.25) is 0 Å². The second-order valence-electron chi connectivity index (χ2n) is 4.74. The maximum absolute atomic E-state index is 11.6. The molecule has 0 aliphatic carbocycles. The molecular weight excluding hydrogens is 296 g/mol. The van der Waals surface area contributed by atoms with E-state index in [4.69, 9.17) is 18.9 Å². The van der Waals surface area contributed by atoms with E-state index < -0.39 is 5.97 Å². The Morgan fingerprint density at radius 1 is 1.00 bits per heavy atom. The summed E-state index contributed by atoms with van der Waals surface area (Å²) in [6.45, 7) is 1.43. The fraction of sp³-hybridized carbons (Fsp3) is 0.278. The van der Waals surface area contributed by atoms with Gasteiger partial charge in [0.25, 0.3) is 0 Å². The number of benzene rings is 2. The number of methoxy groups -OCH3 is 2. The Kier molecular flexibility index (Phi) is 6.44. The van der Waals surface area contributed by atoms with E-state index in [9.17, 15) is 4.79 Å². The molecule has 5 heteroatoms. The molecule has 0 saturated heterocycles. The largest absolute Gasteiger partial charge is 0.496 e. The molecule has 0 radical (unpaired) electrons. The summed E-state index contributed by atoms with van der Waals surface area (Å²) in [4.78, 5) is 11.6. The first-order chi connectivity index (χ1) is 11.2. The van der Waals surface area contributed by atoms with E-state index in [0.29, 0.717) is 36.9 Å². The topological polar surface area (TPSA) is 54.0 Å². The monoisotopic (exact) mass is 316 g/mol. The number of ether oxygens (including phenoxy) is 4. The van der Waals surface area contributed by atoms with Gasteiger partial charge in [-0.1, -0.05) is 30.3 Å². The first kappa shape index (κ1) is 16.8. The number of carbonyl (C=O) groups is 1. The third-order valence-corrected chi connectivity index (χ3v) is 3.19. The van der Waals surface area contributed by atoms with Crippen molar-refractivity contribution in [3.05, 3.63) is 59.7 Å². The first-order valence-corrected chi connectivity index (χ1v) is 7.25. The van der Waals surface area contributed by atoms with Crippen molar-refractivity contribution < 1.29 is 23.7 Å². The van der Waals surface area contributed by atoms with Gasteiger partial charge in [-0.15, -0.1) is 0 Å². The van der Waals surface area contributed by atoms with Crippen LogP contribution >= 0.6 is 0 Å². The summed E-state index contributed by atoms with van der Waals surface area (Å²) in [6, 6.07) is 14.9. The number of hydrogen-bond acceptors (Lipinski definition) is 5. The molecule has 2 rings (SSSR count). The van der Waals surface area contributed by atoms with E-state index in [2.05, 4.69) is 0 Å². The van der Waals surface area contributed by atoms with Crippen LogP contribution < -0.4 is 9.47 Å². The van der Waals surface area contributed by atoms with Crippen LogP contribution in [0.3, 0.4) is 0 Å². The summed E-state index contributed by atoms with van der Waals surface area (Å²) >= 11 is 0. The molecule has 23 heavy (non-hydrogen) atoms. The number of rotatable bonds is 8. The van der Waals surface area contributed by atoms with Crippen molar-refractivity contribution in [1.82, 2.24) is 0 Å². The van der Waals surface area contributed by atoms with Crippen molar-refractivity contribution in [2.24, 2.45) is 0 Å². The van der Waals surface area contributed by atoms with Crippen LogP contribution in [0, 0.1) is 0 Å². The summed E-state index contributed by atoms with van der Waals surface area (Å²) in [5, 5.41) is 0. The van der Waals surface area contributed by atoms with Crippen LogP contribution in [0.15, 0.2) is 48.5 Å². The van der Waals surface area contributed by atoms with Crippen molar-refractivity contribution >= 4 is 5.97 Å². The second kappa shape index (κ2) is 8.80. The van der Waals surface area contributed by atoms with Gasteiger partial charge in [0, 0.05) is 6.07 Å². The third-order valence-electron chi connectivity index (χ3n) is 3.19. The van der Waals surface area contributed by atoms with E-state index in [-0.39, 0.29) is 0 Å². The summed E-state index contributed by atoms with van der Waals surface area (Å²) in [6.07, 6.45) is 0. The number of hydrogen-bond donors (Lipinski definition) is 0. The maximum Gasteiger partial charge on any atom is 0.341 e. The van der Waals surface area contributed by atoms with Crippen LogP contribution in [0.4, 0.5) is 0 Å². The summed E-state index contributed by atoms with van der Waals surface area (Å²) in [5.41, 5.74) is 1.49. The smallest absolute Gasteiger partial charge is 0.341 e. The maximum atomic E-state index is 11.6. The normalized spacial score (nSPS) is 10.2. The van der Waals surface area contributed by atoms with Crippen molar-refractivity contribution in [1.29, 1.82) is 0 Å². The minimum absolute atomic E-state index is 0.364. The lowest BCUT2D eigenvalue weighted by Gasteiger charge is -2.11. The summed E-state index contributed by atoms with van der Waals surface area (Å²) < 4.78 is 21.0. The van der Waals surface area contributed by atoms with E-state index in [1.54, 1.807) is 18.2 Å². The molecule has 0 aromatic heterocycles. The van der Waals surface area contributed by atoms with Gasteiger partial charge in [0.05, 0.1) is 27.4 Å². The predicted molar refractivity (Wildman–Crippen MR) is 85.9 cm³/mol. The highest BCUT2D eigenvalue weighted by atomic mass is 16.5. The Balaban J connectivity index is 1.80. The van der Waals surface area contributed by atoms with Crippen molar-refractivity contribution in [3.63, 3.8) is 0 Å². The Labute approximate surface area is 135 Å². The summed E-state index contributed by atoms with van der Waals surface area (Å²) in [7, 11) is 2.82. The highest BCUT2D eigenvalue weighted by Crippen LogP contribution is 2.25. The Morgan fingerprint density at radius 3 is 2.48 bits per heavy atom. The third kappa shape index (κ3) is 5.00. The van der Waals surface area contributed by atoms with Gasteiger partial charge in [0.1, 0.15) is 23.7 Å². The predicted octanol–water partition coefficient (Wildman–Crippen LogP) is 3.08. The fourth-order valence-corrected chi connectivity index (χ4v) is 2.02. The van der Waals surface area contributed by atoms with Crippen molar-refractivity contribution in [2.45, 2.75) is 6.61 Å². The molecule has 0 heterocycles. The van der Waals surface area contributed by atoms with Crippen LogP contribution in [0.25, 0.3) is 0 Å². The molecule has 0 N–H and O–H groups in total. The van der Waals surface area contributed by atoms with Crippen LogP contribution in [-0.2, 0) is 16.1 Å². The lowest BCUT2D eigenvalue weighted by Crippen LogP contribution is -2.08. The molecule has 0 aliphatic heterocycles. The molecule has 0 aliphatic rings. The standard InChI is InChI=1S/C18H20O5/c1-20-17-12-15(8-9-16(17)18(19)21-2)23-11-10-22-13-14-6-4-3-5-7-14/h3-9,12H,10-11,13H2,1-2H3. The van der Waals surface area contributed by atoms with Gasteiger partial charge < -0.3 is 18.9 Å². The van der Waals surface area contributed by atoms with E-state index >= 15 is 0 Å². The molecule has 2 aromatic rings. The van der Waals surface area contributed by atoms with Gasteiger partial charge in [0.15, 0.2) is 0 Å². The molecule has 5 nitrogen and oxygen atoms in total. The molecule has 0 amide bonds. The Morgan fingerprint density at radius 2 is 1.78 bits per heavy atom. The summed E-state index contributed by atoms with van der Waals surface area (Å²) in [5.74, 6) is 0.581. The van der Waals surface area contributed by atoms with Crippen LogP contribution in [0.1, 0.15) is 15.9 Å².